The fraction of sp³-hybridized carbons (Fsp3) is 0.417. The third kappa shape index (κ3) is 2.34. The zero-order chi connectivity index (χ0) is 12.4. The average molecular weight is 235 g/mol. The molecule has 5 nitrogen and oxygen atoms in total. The number of para-hydroxylation sites is 1. The van der Waals surface area contributed by atoms with Gasteiger partial charge in [-0.25, -0.2) is 0 Å². The maximum absolute atomic E-state index is 11.3. The molecular formula is C12H17N3O2. The molecule has 92 valence electrons. The van der Waals surface area contributed by atoms with Crippen molar-refractivity contribution in [1.29, 1.82) is 0 Å². The molecule has 0 saturated carbocycles. The predicted octanol–water partition coefficient (Wildman–Crippen LogP) is 0.957. The van der Waals surface area contributed by atoms with Crippen LogP contribution in [0.3, 0.4) is 0 Å². The summed E-state index contributed by atoms with van der Waals surface area (Å²) in [6.07, 6.45) is 1.00. The van der Waals surface area contributed by atoms with Gasteiger partial charge < -0.3 is 21.5 Å². The molecule has 2 atom stereocenters. The largest absolute Gasteiger partial charge is 0.397 e. The van der Waals surface area contributed by atoms with Crippen molar-refractivity contribution in [3.8, 4) is 0 Å². The minimum atomic E-state index is -0.480. The number of anilines is 2. The van der Waals surface area contributed by atoms with Crippen LogP contribution in [0.25, 0.3) is 0 Å². The molecule has 17 heavy (non-hydrogen) atoms. The topological polar surface area (TPSA) is 90.4 Å². The standard InChI is InChI=1S/C12H17N3O2/c1-7-10(5-6-17-7)15-11-8(12(14)16)3-2-4-9(11)13/h2-4,7,10,15H,5-6,13H2,1H3,(H2,14,16). The number of benzene rings is 1. The molecule has 0 aromatic heterocycles. The van der Waals surface area contributed by atoms with E-state index in [0.717, 1.165) is 13.0 Å². The highest BCUT2D eigenvalue weighted by molar-refractivity contribution is 6.01. The van der Waals surface area contributed by atoms with Gasteiger partial charge in [0.1, 0.15) is 0 Å². The maximum Gasteiger partial charge on any atom is 0.250 e. The Morgan fingerprint density at radius 2 is 2.29 bits per heavy atom. The monoisotopic (exact) mass is 235 g/mol. The molecule has 1 aliphatic rings. The average Bonchev–Trinajstić information content (AvgIpc) is 2.67. The van der Waals surface area contributed by atoms with E-state index in [2.05, 4.69) is 5.32 Å². The molecule has 1 fully saturated rings. The zero-order valence-corrected chi connectivity index (χ0v) is 9.77. The summed E-state index contributed by atoms with van der Waals surface area (Å²) in [5.74, 6) is -0.480. The number of nitrogens with one attached hydrogen (secondary N) is 1. The van der Waals surface area contributed by atoms with Gasteiger partial charge in [0.15, 0.2) is 0 Å². The Morgan fingerprint density at radius 1 is 1.53 bits per heavy atom. The molecular weight excluding hydrogens is 218 g/mol. The van der Waals surface area contributed by atoms with E-state index >= 15 is 0 Å². The molecule has 0 radical (unpaired) electrons. The molecule has 5 N–H and O–H groups in total. The second-order valence-corrected chi connectivity index (χ2v) is 4.25. The van der Waals surface area contributed by atoms with Crippen molar-refractivity contribution in [3.05, 3.63) is 23.8 Å². The highest BCUT2D eigenvalue weighted by Crippen LogP contribution is 2.27. The number of hydrogen-bond donors (Lipinski definition) is 3. The van der Waals surface area contributed by atoms with Gasteiger partial charge in [0, 0.05) is 6.61 Å². The fourth-order valence-corrected chi connectivity index (χ4v) is 2.04. The molecule has 1 aromatic rings. The summed E-state index contributed by atoms with van der Waals surface area (Å²) in [4.78, 5) is 11.3. The van der Waals surface area contributed by atoms with Crippen LogP contribution in [0.2, 0.25) is 0 Å². The first-order valence-electron chi connectivity index (χ1n) is 5.66. The number of hydrogen-bond acceptors (Lipinski definition) is 4. The Hall–Kier alpha value is -1.75. The van der Waals surface area contributed by atoms with Crippen LogP contribution in [0.4, 0.5) is 11.4 Å². The number of nitrogen functional groups attached to an aromatic ring is 1. The van der Waals surface area contributed by atoms with Crippen molar-refractivity contribution in [1.82, 2.24) is 0 Å². The number of ether oxygens (including phenoxy) is 1. The highest BCUT2D eigenvalue weighted by atomic mass is 16.5. The summed E-state index contributed by atoms with van der Waals surface area (Å²) >= 11 is 0. The normalized spacial score (nSPS) is 23.6. The van der Waals surface area contributed by atoms with E-state index in [1.54, 1.807) is 18.2 Å². The van der Waals surface area contributed by atoms with E-state index in [1.807, 2.05) is 6.92 Å². The van der Waals surface area contributed by atoms with Crippen molar-refractivity contribution in [2.24, 2.45) is 5.73 Å². The summed E-state index contributed by atoms with van der Waals surface area (Å²) in [5.41, 5.74) is 12.8. The predicted molar refractivity (Wildman–Crippen MR) is 66.8 cm³/mol. The van der Waals surface area contributed by atoms with Gasteiger partial charge in [0.2, 0.25) is 0 Å². The lowest BCUT2D eigenvalue weighted by Gasteiger charge is -2.20. The molecule has 1 heterocycles. The number of primary amides is 1. The Bertz CT molecular complexity index is 434. The van der Waals surface area contributed by atoms with Crippen LogP contribution < -0.4 is 16.8 Å². The Kier molecular flexibility index (Phi) is 3.19. The van der Waals surface area contributed by atoms with Crippen LogP contribution in [-0.4, -0.2) is 24.7 Å². The lowest BCUT2D eigenvalue weighted by atomic mass is 10.1. The Morgan fingerprint density at radius 3 is 2.88 bits per heavy atom. The molecule has 0 bridgehead atoms. The van der Waals surface area contributed by atoms with Crippen molar-refractivity contribution in [2.45, 2.75) is 25.5 Å². The van der Waals surface area contributed by atoms with E-state index in [1.165, 1.54) is 0 Å². The molecule has 1 saturated heterocycles. The summed E-state index contributed by atoms with van der Waals surface area (Å²) in [5, 5.41) is 3.26. The lowest BCUT2D eigenvalue weighted by Crippen LogP contribution is -2.28. The molecule has 5 heteroatoms. The zero-order valence-electron chi connectivity index (χ0n) is 9.77. The molecule has 0 spiro atoms. The van der Waals surface area contributed by atoms with Gasteiger partial charge >= 0.3 is 0 Å². The summed E-state index contributed by atoms with van der Waals surface area (Å²) < 4.78 is 5.46. The molecule has 1 amide bonds. The van der Waals surface area contributed by atoms with Crippen LogP contribution >= 0.6 is 0 Å². The molecule has 0 aliphatic carbocycles. The highest BCUT2D eigenvalue weighted by Gasteiger charge is 2.25. The van der Waals surface area contributed by atoms with E-state index in [0.29, 0.717) is 16.9 Å². The number of carbonyl (C=O) groups is 1. The summed E-state index contributed by atoms with van der Waals surface area (Å²) in [6, 6.07) is 5.30. The SMILES string of the molecule is CC1OCCC1Nc1c(N)cccc1C(N)=O. The van der Waals surface area contributed by atoms with Crippen LogP contribution in [0.5, 0.6) is 0 Å². The first kappa shape index (κ1) is 11.7. The van der Waals surface area contributed by atoms with Crippen LogP contribution in [-0.2, 0) is 4.74 Å². The van der Waals surface area contributed by atoms with E-state index in [4.69, 9.17) is 16.2 Å². The quantitative estimate of drug-likeness (QED) is 0.680. The smallest absolute Gasteiger partial charge is 0.250 e. The van der Waals surface area contributed by atoms with Crippen LogP contribution in [0.1, 0.15) is 23.7 Å². The van der Waals surface area contributed by atoms with Gasteiger partial charge in [-0.05, 0) is 25.5 Å². The third-order valence-corrected chi connectivity index (χ3v) is 3.07. The maximum atomic E-state index is 11.3. The van der Waals surface area contributed by atoms with Gasteiger partial charge in [-0.15, -0.1) is 0 Å². The van der Waals surface area contributed by atoms with Crippen LogP contribution in [0, 0.1) is 0 Å². The Balaban J connectivity index is 2.27. The molecule has 2 rings (SSSR count). The van der Waals surface area contributed by atoms with Crippen molar-refractivity contribution in [3.63, 3.8) is 0 Å². The van der Waals surface area contributed by atoms with Gasteiger partial charge in [-0.1, -0.05) is 6.07 Å². The van der Waals surface area contributed by atoms with Crippen LogP contribution in [0.15, 0.2) is 18.2 Å². The van der Waals surface area contributed by atoms with Gasteiger partial charge in [-0.3, -0.25) is 4.79 Å². The minimum absolute atomic E-state index is 0.107. The van der Waals surface area contributed by atoms with Gasteiger partial charge in [0.25, 0.3) is 5.91 Å². The number of amides is 1. The van der Waals surface area contributed by atoms with Crippen molar-refractivity contribution in [2.75, 3.05) is 17.7 Å². The van der Waals surface area contributed by atoms with Gasteiger partial charge in [-0.2, -0.15) is 0 Å². The molecule has 2 unspecified atom stereocenters. The second-order valence-electron chi connectivity index (χ2n) is 4.25. The van der Waals surface area contributed by atoms with E-state index in [9.17, 15) is 4.79 Å². The summed E-state index contributed by atoms with van der Waals surface area (Å²) in [6.45, 7) is 2.71. The molecule has 1 aromatic carbocycles. The van der Waals surface area contributed by atoms with E-state index < -0.39 is 5.91 Å². The Labute approximate surface area is 100 Å². The number of nitrogens with two attached hydrogens (primary N) is 2. The number of rotatable bonds is 3. The third-order valence-electron chi connectivity index (χ3n) is 3.07. The molecule has 1 aliphatic heterocycles. The fourth-order valence-electron chi connectivity index (χ4n) is 2.04. The lowest BCUT2D eigenvalue weighted by molar-refractivity contribution is 0.100. The minimum Gasteiger partial charge on any atom is -0.397 e. The van der Waals surface area contributed by atoms with Crippen molar-refractivity contribution >= 4 is 17.3 Å². The first-order chi connectivity index (χ1) is 8.09. The van der Waals surface area contributed by atoms with Crippen molar-refractivity contribution < 1.29 is 9.53 Å². The summed E-state index contributed by atoms with van der Waals surface area (Å²) in [7, 11) is 0. The van der Waals surface area contributed by atoms with Gasteiger partial charge in [0.05, 0.1) is 29.1 Å². The second kappa shape index (κ2) is 4.63. The van der Waals surface area contributed by atoms with E-state index in [-0.39, 0.29) is 12.1 Å². The first-order valence-corrected chi connectivity index (χ1v) is 5.66. The number of carbonyl (C=O) groups excluding carboxylic acids is 1.